The van der Waals surface area contributed by atoms with Crippen LogP contribution in [0.5, 0.6) is 17.5 Å². The van der Waals surface area contributed by atoms with Crippen LogP contribution in [0.25, 0.3) is 6.08 Å². The van der Waals surface area contributed by atoms with Gasteiger partial charge in [-0.2, -0.15) is 0 Å². The number of nitrogens with zero attached hydrogens (tertiary/aromatic N) is 4. The fraction of sp³-hybridized carbons (Fsp3) is 0.360. The molecular weight excluding hydrogens is 516 g/mol. The highest BCUT2D eigenvalue weighted by molar-refractivity contribution is 8.18. The first-order valence-corrected chi connectivity index (χ1v) is 12.7. The number of carbonyl (C=O) groups excluding carboxylic acids is 3. The maximum absolute atomic E-state index is 12.6. The Morgan fingerprint density at radius 3 is 2.47 bits per heavy atom. The van der Waals surface area contributed by atoms with Gasteiger partial charge in [-0.1, -0.05) is 12.1 Å². The number of imide groups is 1. The normalized spacial score (nSPS) is 17.2. The van der Waals surface area contributed by atoms with Crippen LogP contribution in [0.1, 0.15) is 30.9 Å². The van der Waals surface area contributed by atoms with E-state index in [1.54, 1.807) is 44.2 Å². The van der Waals surface area contributed by atoms with Gasteiger partial charge >= 0.3 is 12.1 Å². The zero-order valence-corrected chi connectivity index (χ0v) is 21.6. The number of esters is 1. The molecule has 1 aromatic heterocycles. The van der Waals surface area contributed by atoms with Crippen molar-refractivity contribution in [3.8, 4) is 17.5 Å². The molecule has 2 aliphatic rings. The molecule has 38 heavy (non-hydrogen) atoms. The number of hydrogen-bond acceptors (Lipinski definition) is 10. The molecule has 2 aliphatic heterocycles. The predicted molar refractivity (Wildman–Crippen MR) is 136 cm³/mol. The van der Waals surface area contributed by atoms with Crippen LogP contribution in [-0.2, 0) is 14.3 Å². The lowest BCUT2D eigenvalue weighted by Gasteiger charge is -2.30. The summed E-state index contributed by atoms with van der Waals surface area (Å²) in [5.41, 5.74) is 1.27. The summed E-state index contributed by atoms with van der Waals surface area (Å²) in [7, 11) is 0. The van der Waals surface area contributed by atoms with E-state index in [4.69, 9.17) is 19.3 Å². The van der Waals surface area contributed by atoms with E-state index in [2.05, 4.69) is 9.97 Å². The fourth-order valence-corrected chi connectivity index (χ4v) is 4.67. The number of thioether (sulfide) groups is 1. The van der Waals surface area contributed by atoms with Gasteiger partial charge in [-0.05, 0) is 49.4 Å². The van der Waals surface area contributed by atoms with Crippen LogP contribution in [-0.4, -0.2) is 80.4 Å². The third kappa shape index (κ3) is 6.40. The van der Waals surface area contributed by atoms with E-state index in [9.17, 15) is 19.2 Å². The highest BCUT2D eigenvalue weighted by Gasteiger charge is 2.36. The van der Waals surface area contributed by atoms with Crippen LogP contribution in [0.4, 0.5) is 9.59 Å². The van der Waals surface area contributed by atoms with Gasteiger partial charge in [0.1, 0.15) is 24.7 Å². The molecule has 13 heteroatoms. The van der Waals surface area contributed by atoms with E-state index in [0.29, 0.717) is 54.6 Å². The van der Waals surface area contributed by atoms with Crippen LogP contribution >= 0.6 is 11.8 Å². The monoisotopic (exact) mass is 542 g/mol. The molecule has 0 radical (unpaired) electrons. The lowest BCUT2D eigenvalue weighted by atomic mass is 10.1. The van der Waals surface area contributed by atoms with Crippen molar-refractivity contribution in [3.05, 3.63) is 46.6 Å². The van der Waals surface area contributed by atoms with Gasteiger partial charge in [-0.25, -0.2) is 14.8 Å². The molecular formula is C25H26N4O8S. The lowest BCUT2D eigenvalue weighted by molar-refractivity contribution is -0.145. The average Bonchev–Trinajstić information content (AvgIpc) is 3.15. The van der Waals surface area contributed by atoms with Crippen molar-refractivity contribution < 1.29 is 38.5 Å². The molecule has 4 rings (SSSR count). The van der Waals surface area contributed by atoms with Gasteiger partial charge in [0.25, 0.3) is 11.1 Å². The maximum atomic E-state index is 12.6. The number of rotatable bonds is 8. The maximum Gasteiger partial charge on any atom is 0.407 e. The number of likely N-dealkylation sites (tertiary alicyclic amines) is 1. The second-order valence-corrected chi connectivity index (χ2v) is 9.43. The average molecular weight is 543 g/mol. The molecule has 3 heterocycles. The lowest BCUT2D eigenvalue weighted by Crippen LogP contribution is -2.41. The van der Waals surface area contributed by atoms with Gasteiger partial charge in [0, 0.05) is 25.9 Å². The van der Waals surface area contributed by atoms with Gasteiger partial charge in [-0.3, -0.25) is 19.3 Å². The molecule has 1 N–H and O–H groups in total. The van der Waals surface area contributed by atoms with Gasteiger partial charge in [0.15, 0.2) is 0 Å². The Hall–Kier alpha value is -4.13. The van der Waals surface area contributed by atoms with Crippen molar-refractivity contribution in [2.75, 3.05) is 26.2 Å². The minimum Gasteiger partial charge on any atom is -0.474 e. The molecule has 200 valence electrons. The van der Waals surface area contributed by atoms with Crippen LogP contribution in [0.15, 0.2) is 35.5 Å². The summed E-state index contributed by atoms with van der Waals surface area (Å²) in [6, 6.07) is 6.83. The van der Waals surface area contributed by atoms with Crippen LogP contribution in [0.2, 0.25) is 0 Å². The number of amides is 3. The minimum atomic E-state index is -0.933. The van der Waals surface area contributed by atoms with E-state index in [0.717, 1.165) is 16.7 Å². The molecule has 2 aromatic rings. The number of carboxylic acid groups (broad SMARTS) is 1. The largest absolute Gasteiger partial charge is 0.474 e. The minimum absolute atomic E-state index is 0.157. The molecule has 0 bridgehead atoms. The van der Waals surface area contributed by atoms with Gasteiger partial charge in [-0.15, -0.1) is 0 Å². The molecule has 0 atom stereocenters. The Labute approximate surface area is 222 Å². The summed E-state index contributed by atoms with van der Waals surface area (Å²) in [5.74, 6) is -0.0225. The topological polar surface area (TPSA) is 148 Å². The van der Waals surface area contributed by atoms with Gasteiger partial charge in [0.2, 0.25) is 11.8 Å². The van der Waals surface area contributed by atoms with E-state index in [-0.39, 0.29) is 17.6 Å². The van der Waals surface area contributed by atoms with Crippen molar-refractivity contribution in [2.45, 2.75) is 32.8 Å². The first-order chi connectivity index (χ1) is 18.2. The molecule has 0 aliphatic carbocycles. The number of aromatic nitrogens is 2. The molecule has 3 amide bonds. The summed E-state index contributed by atoms with van der Waals surface area (Å²) in [6.45, 7) is 3.96. The van der Waals surface area contributed by atoms with Crippen molar-refractivity contribution in [1.82, 2.24) is 19.8 Å². The smallest absolute Gasteiger partial charge is 0.407 e. The van der Waals surface area contributed by atoms with Gasteiger partial charge in [0.05, 0.1) is 17.1 Å². The molecule has 0 unspecified atom stereocenters. The Morgan fingerprint density at radius 2 is 1.82 bits per heavy atom. The summed E-state index contributed by atoms with van der Waals surface area (Å²) in [4.78, 5) is 58.3. The highest BCUT2D eigenvalue weighted by atomic mass is 32.2. The Balaban J connectivity index is 1.38. The van der Waals surface area contributed by atoms with E-state index < -0.39 is 29.8 Å². The zero-order chi connectivity index (χ0) is 27.2. The predicted octanol–water partition coefficient (Wildman–Crippen LogP) is 3.70. The van der Waals surface area contributed by atoms with Crippen molar-refractivity contribution >= 4 is 41.0 Å². The molecule has 1 aromatic carbocycles. The summed E-state index contributed by atoms with van der Waals surface area (Å²) < 4.78 is 16.7. The Kier molecular flexibility index (Phi) is 8.46. The molecule has 0 spiro atoms. The number of benzene rings is 1. The molecule has 2 fully saturated rings. The summed E-state index contributed by atoms with van der Waals surface area (Å²) in [6.07, 6.45) is 2.95. The molecule has 2 saturated heterocycles. The summed E-state index contributed by atoms with van der Waals surface area (Å²) >= 11 is 0.760. The first-order valence-electron chi connectivity index (χ1n) is 11.9. The standard InChI is InChI=1S/C25H26N4O8S/c1-3-35-20(30)13-29-23(31)19(38-25(29)34)12-16-4-6-17(7-5-16)36-21-15(2)22(27-14-26-21)37-18-8-10-28(11-9-18)24(32)33/h4-7,12,14,18H,3,8-11,13H2,1-2H3,(H,32,33)/b19-12-. The van der Waals surface area contributed by atoms with Crippen LogP contribution in [0.3, 0.4) is 0 Å². The van der Waals surface area contributed by atoms with E-state index >= 15 is 0 Å². The zero-order valence-electron chi connectivity index (χ0n) is 20.8. The Bertz CT molecular complexity index is 1260. The quantitative estimate of drug-likeness (QED) is 0.384. The van der Waals surface area contributed by atoms with Crippen LogP contribution in [0, 0.1) is 6.92 Å². The van der Waals surface area contributed by atoms with Crippen molar-refractivity contribution in [3.63, 3.8) is 0 Å². The first kappa shape index (κ1) is 26.9. The fourth-order valence-electron chi connectivity index (χ4n) is 3.83. The second kappa shape index (κ2) is 11.9. The van der Waals surface area contributed by atoms with Gasteiger partial charge < -0.3 is 24.2 Å². The highest BCUT2D eigenvalue weighted by Crippen LogP contribution is 2.33. The van der Waals surface area contributed by atoms with Crippen molar-refractivity contribution in [1.29, 1.82) is 0 Å². The van der Waals surface area contributed by atoms with Crippen molar-refractivity contribution in [2.24, 2.45) is 0 Å². The number of piperidine rings is 1. The molecule has 12 nitrogen and oxygen atoms in total. The second-order valence-electron chi connectivity index (χ2n) is 8.44. The van der Waals surface area contributed by atoms with E-state index in [1.165, 1.54) is 11.2 Å². The summed E-state index contributed by atoms with van der Waals surface area (Å²) in [5, 5.41) is 8.57. The number of carbonyl (C=O) groups is 4. The third-order valence-corrected chi connectivity index (χ3v) is 6.75. The third-order valence-electron chi connectivity index (χ3n) is 5.84. The SMILES string of the molecule is CCOC(=O)CN1C(=O)S/C(=C\c2ccc(Oc3ncnc(OC4CCN(C(=O)O)CC4)c3C)cc2)C1=O. The van der Waals surface area contributed by atoms with E-state index in [1.807, 2.05) is 0 Å². The Morgan fingerprint density at radius 1 is 1.13 bits per heavy atom. The number of ether oxygens (including phenoxy) is 3. The number of hydrogen-bond donors (Lipinski definition) is 1. The van der Waals surface area contributed by atoms with Crippen LogP contribution < -0.4 is 9.47 Å². The molecule has 0 saturated carbocycles.